The van der Waals surface area contributed by atoms with Crippen molar-refractivity contribution >= 4 is 112 Å². The van der Waals surface area contributed by atoms with E-state index in [9.17, 15) is 92.3 Å². The highest BCUT2D eigenvalue weighted by molar-refractivity contribution is 7.98. The second-order valence-electron chi connectivity index (χ2n) is 29.9. The summed E-state index contributed by atoms with van der Waals surface area (Å²) in [5, 5.41) is 70.1. The number of carboxylic acids is 2. The number of carboxylic acid groups (broad SMARTS) is 2. The number of aromatic amines is 1. The number of aliphatic imine (C=N–C) groups is 2. The van der Waals surface area contributed by atoms with Gasteiger partial charge >= 0.3 is 11.9 Å². The van der Waals surface area contributed by atoms with Crippen LogP contribution in [0.4, 0.5) is 0 Å². The fourth-order valence-electron chi connectivity index (χ4n) is 13.5. The van der Waals surface area contributed by atoms with Gasteiger partial charge in [-0.3, -0.25) is 77.1 Å². The van der Waals surface area contributed by atoms with Crippen LogP contribution >= 0.6 is 11.8 Å². The highest BCUT2D eigenvalue weighted by atomic mass is 32.2. The molecule has 668 valence electrons. The normalized spacial score (nSPS) is 17.1. The molecule has 28 N–H and O–H groups in total. The van der Waals surface area contributed by atoms with E-state index in [1.807, 2.05) is 6.26 Å². The van der Waals surface area contributed by atoms with Crippen molar-refractivity contribution in [3.05, 3.63) is 90.0 Å². The Bertz CT molecular complexity index is 3990. The summed E-state index contributed by atoms with van der Waals surface area (Å²) in [7, 11) is 0. The van der Waals surface area contributed by atoms with E-state index >= 15 is 0 Å². The highest BCUT2D eigenvalue weighted by Crippen LogP contribution is 2.27. The lowest BCUT2D eigenvalue weighted by Gasteiger charge is -2.33. The number of hydrogen-bond acceptors (Lipinski definition) is 23. The molecule has 2 aliphatic rings. The van der Waals surface area contributed by atoms with Crippen LogP contribution in [-0.4, -0.2) is 283 Å². The first-order valence-electron chi connectivity index (χ1n) is 40.4. The Morgan fingerprint density at radius 3 is 1.45 bits per heavy atom. The molecule has 2 fully saturated rings. The number of imidazole rings is 1. The number of likely N-dealkylation sites (tertiary alicyclic amines) is 2. The smallest absolute Gasteiger partial charge is 0.326 e. The number of carbonyl (C=O) groups excluding carboxylic acids is 13. The number of nitrogens with zero attached hydrogens (tertiary/aromatic N) is 5. The minimum atomic E-state index is -1.90. The molecule has 2 aliphatic heterocycles. The number of hydrogen-bond donors (Lipinski definition) is 22. The van der Waals surface area contributed by atoms with E-state index in [2.05, 4.69) is 78.4 Å². The van der Waals surface area contributed by atoms with Crippen LogP contribution in [0.5, 0.6) is 0 Å². The van der Waals surface area contributed by atoms with Crippen molar-refractivity contribution in [1.82, 2.24) is 78.3 Å². The number of unbranched alkanes of at least 4 members (excludes halogenated alkanes) is 1. The summed E-state index contributed by atoms with van der Waals surface area (Å²) in [6, 6.07) is -2.20. The first-order chi connectivity index (χ1) is 57.6. The predicted molar refractivity (Wildman–Crippen MR) is 445 cm³/mol. The van der Waals surface area contributed by atoms with Crippen molar-refractivity contribution in [2.24, 2.45) is 50.3 Å². The van der Waals surface area contributed by atoms with Crippen molar-refractivity contribution in [2.75, 3.05) is 51.3 Å². The Kier molecular flexibility index (Phi) is 42.8. The molecule has 0 saturated carbocycles. The number of rotatable bonds is 53. The summed E-state index contributed by atoms with van der Waals surface area (Å²) in [6.45, 7) is 5.08. The molecule has 3 heterocycles. The second kappa shape index (κ2) is 51.8. The van der Waals surface area contributed by atoms with Crippen LogP contribution in [0.1, 0.15) is 141 Å². The van der Waals surface area contributed by atoms with E-state index in [1.165, 1.54) is 36.1 Å². The summed E-state index contributed by atoms with van der Waals surface area (Å²) in [6.07, 6.45) is 0.971. The van der Waals surface area contributed by atoms with Crippen molar-refractivity contribution in [3.63, 3.8) is 0 Å². The van der Waals surface area contributed by atoms with Gasteiger partial charge in [-0.2, -0.15) is 11.8 Å². The fourth-order valence-corrected chi connectivity index (χ4v) is 14.0. The number of nitrogens with one attached hydrogen (secondary N) is 12. The van der Waals surface area contributed by atoms with E-state index in [0.717, 1.165) is 11.8 Å². The first-order valence-corrected chi connectivity index (χ1v) is 41.8. The number of guanidine groups is 2. The Hall–Kier alpha value is -11.6. The van der Waals surface area contributed by atoms with Gasteiger partial charge in [-0.05, 0) is 133 Å². The zero-order valence-electron chi connectivity index (χ0n) is 68.9. The van der Waals surface area contributed by atoms with E-state index in [0.29, 0.717) is 54.7 Å². The quantitative estimate of drug-likeness (QED) is 0.0142. The molecule has 0 spiro atoms. The molecule has 5 rings (SSSR count). The summed E-state index contributed by atoms with van der Waals surface area (Å²) >= 11 is 1.48. The zero-order valence-corrected chi connectivity index (χ0v) is 69.7. The lowest BCUT2D eigenvalue weighted by Crippen LogP contribution is -2.63. The third kappa shape index (κ3) is 33.9. The van der Waals surface area contributed by atoms with Gasteiger partial charge in [0.25, 0.3) is 0 Å². The van der Waals surface area contributed by atoms with E-state index in [-0.39, 0.29) is 115 Å². The molecule has 0 bridgehead atoms. The molecular formula is C78H121N23O19S. The van der Waals surface area contributed by atoms with Gasteiger partial charge < -0.3 is 128 Å². The third-order valence-electron chi connectivity index (χ3n) is 20.4. The van der Waals surface area contributed by atoms with Crippen molar-refractivity contribution < 1.29 is 92.3 Å². The van der Waals surface area contributed by atoms with Gasteiger partial charge in [-0.25, -0.2) is 9.78 Å². The monoisotopic (exact) mass is 1720 g/mol. The minimum Gasteiger partial charge on any atom is -0.481 e. The molecule has 121 heavy (non-hydrogen) atoms. The number of aliphatic hydroxyl groups is 2. The molecule has 13 amide bonds. The van der Waals surface area contributed by atoms with Gasteiger partial charge in [0.2, 0.25) is 76.8 Å². The van der Waals surface area contributed by atoms with Crippen molar-refractivity contribution in [1.29, 1.82) is 0 Å². The number of amides is 13. The molecule has 1 aromatic heterocycles. The minimum absolute atomic E-state index is 0.000546. The summed E-state index contributed by atoms with van der Waals surface area (Å²) in [4.78, 5) is 228. The number of aliphatic carboxylic acids is 2. The van der Waals surface area contributed by atoms with Gasteiger partial charge in [0.05, 0.1) is 31.1 Å². The van der Waals surface area contributed by atoms with E-state index < -0.39 is 205 Å². The number of aliphatic hydroxyl groups excluding tert-OH is 2. The zero-order chi connectivity index (χ0) is 89.4. The Morgan fingerprint density at radius 1 is 0.529 bits per heavy atom. The highest BCUT2D eigenvalue weighted by Gasteiger charge is 2.46. The first kappa shape index (κ1) is 100.0. The predicted octanol–water partition coefficient (Wildman–Crippen LogP) is -5.54. The molecule has 43 heteroatoms. The lowest BCUT2D eigenvalue weighted by atomic mass is 9.96. The van der Waals surface area contributed by atoms with Gasteiger partial charge in [0.1, 0.15) is 72.5 Å². The number of benzene rings is 2. The van der Waals surface area contributed by atoms with Crippen LogP contribution in [0, 0.1) is 5.92 Å². The van der Waals surface area contributed by atoms with Crippen molar-refractivity contribution in [3.8, 4) is 0 Å². The second-order valence-corrected chi connectivity index (χ2v) is 30.9. The number of H-pyrrole nitrogens is 1. The SMILES string of the molecule is CC[C@H](C)[C@H](NC(=O)[C@@H](N)CCSC)C(=O)N[C@@H](Cc1ccccc1)C(=O)N[C@@H](CCC(=O)O)C(=O)N[C@@H](CCCCN)C(=O)N[C@@H](Cc1cnc[nH]1)C(=O)NCC(=O)N[C@@H](Cc1ccccc1)C(=O)N[C@@H](CCCN=C(N)N)C(=O)N[C@@H](CCCN=C(N)N)C(=O)N[C@H](C(=O)N[C@H](C(=O)N1CCC[C@H]1C(=O)N1CCC[C@H]1C(=O)O)[C@@H](C)O)[C@@H](C)O. The molecule has 16 atom stereocenters. The van der Waals surface area contributed by atoms with Crippen LogP contribution in [0.3, 0.4) is 0 Å². The van der Waals surface area contributed by atoms with Gasteiger partial charge in [-0.15, -0.1) is 0 Å². The summed E-state index contributed by atoms with van der Waals surface area (Å²) < 4.78 is 0. The maximum Gasteiger partial charge on any atom is 0.326 e. The van der Waals surface area contributed by atoms with Crippen LogP contribution in [0.25, 0.3) is 0 Å². The number of nitrogens with two attached hydrogens (primary N) is 6. The van der Waals surface area contributed by atoms with E-state index in [4.69, 9.17) is 34.4 Å². The number of aromatic nitrogens is 2. The summed E-state index contributed by atoms with van der Waals surface area (Å²) in [5.74, 6) is -15.1. The maximum atomic E-state index is 14.8. The fraction of sp³-hybridized carbons (Fsp3) is 0.590. The molecule has 0 radical (unpaired) electrons. The van der Waals surface area contributed by atoms with Crippen molar-refractivity contribution in [2.45, 2.75) is 234 Å². The maximum absolute atomic E-state index is 14.8. The molecule has 2 saturated heterocycles. The van der Waals surface area contributed by atoms with Crippen LogP contribution in [0.2, 0.25) is 0 Å². The standard InChI is InChI=1S/C78H121N23O19S/c1-6-43(2)61(97-64(107)49(80)30-36-121-5)72(115)96-55(38-47-21-11-8-12-22-47)71(114)94-53(28-29-60(105)106)68(111)91-50(23-13-14-31-79)67(110)95-56(39-48-40-85-42-89-48)65(108)88-41-59(104)90-54(37-46-19-9-7-10-20-46)70(113)93-51(24-15-32-86-77(81)82)66(109)92-52(25-16-33-87-78(83)84)69(112)98-62(44(3)102)73(116)99-63(45(4)103)75(118)100-34-17-26-57(100)74(117)101-35-18-27-58(101)76(119)120/h7-12,19-22,40,42-45,49-58,61-63,102-103H,6,13-18,23-39,41,79-80H2,1-5H3,(H,85,89)(H,88,108)(H,90,104)(H,91,111)(H,92,109)(H,93,113)(H,94,114)(H,95,110)(H,96,115)(H,97,107)(H,98,112)(H,99,116)(H,105,106)(H,119,120)(H4,81,82,86)(H4,83,84,87)/t43-,44+,45+,49-,50-,51-,52-,53-,54-,55-,56-,57-,58-,61-,62-,63-/m0/s1. The van der Waals surface area contributed by atoms with E-state index in [1.54, 1.807) is 74.5 Å². The average Bonchev–Trinajstić information content (AvgIpc) is 1.65. The van der Waals surface area contributed by atoms with Crippen LogP contribution < -0.4 is 92.9 Å². The average molecular weight is 1720 g/mol. The Morgan fingerprint density at radius 2 is 0.975 bits per heavy atom. The molecule has 0 aliphatic carbocycles. The molecular weight excluding hydrogens is 1600 g/mol. The molecule has 0 unspecified atom stereocenters. The molecule has 42 nitrogen and oxygen atoms in total. The van der Waals surface area contributed by atoms with Gasteiger partial charge in [0.15, 0.2) is 11.9 Å². The largest absolute Gasteiger partial charge is 0.481 e. The van der Waals surface area contributed by atoms with Gasteiger partial charge in [0, 0.05) is 63.8 Å². The summed E-state index contributed by atoms with van der Waals surface area (Å²) in [5.41, 5.74) is 35.8. The van der Waals surface area contributed by atoms with Crippen LogP contribution in [-0.2, 0) is 91.2 Å². The number of carbonyl (C=O) groups is 15. The molecule has 2 aromatic carbocycles. The topological polar surface area (TPSA) is 685 Å². The Labute approximate surface area is 705 Å². The van der Waals surface area contributed by atoms with Crippen LogP contribution in [0.15, 0.2) is 83.2 Å². The van der Waals surface area contributed by atoms with Gasteiger partial charge in [-0.1, -0.05) is 80.9 Å². The number of thioether (sulfide) groups is 1. The molecule has 3 aromatic rings. The third-order valence-corrected chi connectivity index (χ3v) is 21.1. The Balaban J connectivity index is 1.38. The lowest BCUT2D eigenvalue weighted by molar-refractivity contribution is -0.153.